The van der Waals surface area contributed by atoms with E-state index in [0.29, 0.717) is 17.5 Å². The van der Waals surface area contributed by atoms with Crippen molar-refractivity contribution in [3.8, 4) is 5.75 Å². The fraction of sp³-hybridized carbons (Fsp3) is 0.625. The van der Waals surface area contributed by atoms with Gasteiger partial charge in [0.1, 0.15) is 18.5 Å². The normalized spacial score (nSPS) is 22.0. The van der Waals surface area contributed by atoms with E-state index < -0.39 is 6.10 Å². The van der Waals surface area contributed by atoms with E-state index in [4.69, 9.17) is 16.3 Å². The quantitative estimate of drug-likeness (QED) is 0.922. The number of aliphatic hydroxyl groups is 1. The van der Waals surface area contributed by atoms with Crippen LogP contribution in [-0.4, -0.2) is 35.8 Å². The van der Waals surface area contributed by atoms with Crippen LogP contribution in [0.2, 0.25) is 5.02 Å². The third-order valence-corrected chi connectivity index (χ3v) is 4.33. The van der Waals surface area contributed by atoms with Crippen molar-refractivity contribution in [1.29, 1.82) is 0 Å². The Kier molecular flexibility index (Phi) is 4.95. The Balaban J connectivity index is 2.53. The van der Waals surface area contributed by atoms with E-state index >= 15 is 0 Å². The van der Waals surface area contributed by atoms with Crippen LogP contribution >= 0.6 is 11.6 Å². The highest BCUT2D eigenvalue weighted by molar-refractivity contribution is 6.32. The van der Waals surface area contributed by atoms with Gasteiger partial charge in [0.05, 0.1) is 11.1 Å². The van der Waals surface area contributed by atoms with Gasteiger partial charge < -0.3 is 9.84 Å². The molecule has 0 fully saturated rings. The minimum Gasteiger partial charge on any atom is -0.489 e. The van der Waals surface area contributed by atoms with Gasteiger partial charge in [-0.05, 0) is 30.6 Å². The van der Waals surface area contributed by atoms with Crippen LogP contribution in [0.25, 0.3) is 0 Å². The fourth-order valence-corrected chi connectivity index (χ4v) is 3.16. The Morgan fingerprint density at radius 3 is 2.55 bits per heavy atom. The van der Waals surface area contributed by atoms with Gasteiger partial charge in [-0.3, -0.25) is 4.90 Å². The molecule has 1 aliphatic rings. The summed E-state index contributed by atoms with van der Waals surface area (Å²) in [6, 6.07) is 4.07. The van der Waals surface area contributed by atoms with Crippen molar-refractivity contribution in [2.45, 2.75) is 45.8 Å². The number of nitrogens with zero attached hydrogens (tertiary/aromatic N) is 1. The smallest absolute Gasteiger partial charge is 0.142 e. The largest absolute Gasteiger partial charge is 0.489 e. The van der Waals surface area contributed by atoms with Crippen LogP contribution in [0, 0.1) is 0 Å². The topological polar surface area (TPSA) is 32.7 Å². The maximum absolute atomic E-state index is 10.4. The summed E-state index contributed by atoms with van der Waals surface area (Å²) in [4.78, 5) is 2.26. The highest BCUT2D eigenvalue weighted by atomic mass is 35.5. The Morgan fingerprint density at radius 1 is 1.35 bits per heavy atom. The zero-order valence-corrected chi connectivity index (χ0v) is 13.4. The molecule has 0 spiro atoms. The van der Waals surface area contributed by atoms with E-state index in [0.717, 1.165) is 24.4 Å². The number of likely N-dealkylation sites (N-methyl/N-ethyl adjacent to an activating group) is 1. The van der Waals surface area contributed by atoms with E-state index in [1.165, 1.54) is 5.56 Å². The van der Waals surface area contributed by atoms with Crippen LogP contribution in [0.1, 0.15) is 50.8 Å². The number of rotatable bonds is 4. The zero-order chi connectivity index (χ0) is 14.9. The molecule has 1 heterocycles. The molecule has 0 bridgehead atoms. The summed E-state index contributed by atoms with van der Waals surface area (Å²) in [5, 5.41) is 11.0. The predicted molar refractivity (Wildman–Crippen MR) is 82.7 cm³/mol. The van der Waals surface area contributed by atoms with Crippen molar-refractivity contribution in [2.75, 3.05) is 19.7 Å². The molecule has 2 atom stereocenters. The second-order valence-electron chi connectivity index (χ2n) is 5.62. The Labute approximate surface area is 126 Å². The molecule has 1 N–H and O–H groups in total. The van der Waals surface area contributed by atoms with Gasteiger partial charge in [0.15, 0.2) is 0 Å². The molecular weight excluding hydrogens is 274 g/mol. The van der Waals surface area contributed by atoms with Crippen LogP contribution in [-0.2, 0) is 0 Å². The van der Waals surface area contributed by atoms with Crippen LogP contribution < -0.4 is 4.74 Å². The number of hydrogen-bond donors (Lipinski definition) is 1. The molecule has 4 heteroatoms. The fourth-order valence-electron chi connectivity index (χ4n) is 2.87. The first kappa shape index (κ1) is 15.6. The van der Waals surface area contributed by atoms with Gasteiger partial charge in [-0.15, -0.1) is 0 Å². The number of ether oxygens (including phenoxy) is 1. The molecule has 2 rings (SSSR count). The molecule has 0 saturated heterocycles. The minimum atomic E-state index is -0.513. The molecule has 0 aromatic heterocycles. The molecule has 0 saturated carbocycles. The monoisotopic (exact) mass is 297 g/mol. The van der Waals surface area contributed by atoms with Crippen molar-refractivity contribution >= 4 is 11.6 Å². The maximum atomic E-state index is 10.4. The van der Waals surface area contributed by atoms with Crippen molar-refractivity contribution < 1.29 is 9.84 Å². The van der Waals surface area contributed by atoms with E-state index in [9.17, 15) is 5.11 Å². The number of benzene rings is 1. The Morgan fingerprint density at radius 2 is 2.00 bits per heavy atom. The molecule has 0 radical (unpaired) electrons. The highest BCUT2D eigenvalue weighted by Gasteiger charge is 2.34. The second kappa shape index (κ2) is 6.33. The Hall–Kier alpha value is -0.770. The summed E-state index contributed by atoms with van der Waals surface area (Å²) in [7, 11) is 0. The molecule has 2 unspecified atom stereocenters. The van der Waals surface area contributed by atoms with Gasteiger partial charge in [-0.1, -0.05) is 45.4 Å². The summed E-state index contributed by atoms with van der Waals surface area (Å²) < 4.78 is 5.66. The average Bonchev–Trinajstić information content (AvgIpc) is 2.41. The molecule has 0 amide bonds. The molecule has 3 nitrogen and oxygen atoms in total. The van der Waals surface area contributed by atoms with Gasteiger partial charge in [-0.25, -0.2) is 0 Å². The third-order valence-electron chi connectivity index (χ3n) is 4.05. The lowest BCUT2D eigenvalue weighted by Crippen LogP contribution is -2.42. The molecular formula is C16H24ClNO2. The van der Waals surface area contributed by atoms with E-state index in [1.54, 1.807) is 0 Å². The molecule has 0 aliphatic carbocycles. The first-order valence-corrected chi connectivity index (χ1v) is 7.75. The third kappa shape index (κ3) is 2.80. The van der Waals surface area contributed by atoms with Crippen LogP contribution in [0.4, 0.5) is 0 Å². The molecule has 20 heavy (non-hydrogen) atoms. The van der Waals surface area contributed by atoms with E-state index in [1.807, 2.05) is 6.07 Å². The summed E-state index contributed by atoms with van der Waals surface area (Å²) in [6.45, 7) is 10.6. The molecule has 1 aromatic rings. The van der Waals surface area contributed by atoms with Gasteiger partial charge in [-0.2, -0.15) is 0 Å². The van der Waals surface area contributed by atoms with Gasteiger partial charge >= 0.3 is 0 Å². The zero-order valence-electron chi connectivity index (χ0n) is 12.7. The molecule has 1 aromatic carbocycles. The first-order valence-electron chi connectivity index (χ1n) is 7.37. The average molecular weight is 298 g/mol. The van der Waals surface area contributed by atoms with Crippen LogP contribution in [0.3, 0.4) is 0 Å². The number of fused-ring (bicyclic) bond motifs is 1. The molecule has 112 valence electrons. The number of halogens is 1. The standard InChI is InChI=1S/C16H24ClNO2/c1-5-18(6-2)15-12-7-11(10(3)4)8-13(17)16(12)20-9-14(15)19/h7-8,10,14-15,19H,5-6,9H2,1-4H3. The summed E-state index contributed by atoms with van der Waals surface area (Å²) in [5.41, 5.74) is 2.20. The highest BCUT2D eigenvalue weighted by Crippen LogP contribution is 2.42. The lowest BCUT2D eigenvalue weighted by atomic mass is 9.92. The van der Waals surface area contributed by atoms with E-state index in [-0.39, 0.29) is 6.04 Å². The van der Waals surface area contributed by atoms with Crippen molar-refractivity contribution in [3.63, 3.8) is 0 Å². The van der Waals surface area contributed by atoms with Gasteiger partial charge in [0.2, 0.25) is 0 Å². The van der Waals surface area contributed by atoms with Crippen molar-refractivity contribution in [1.82, 2.24) is 4.90 Å². The predicted octanol–water partition coefficient (Wildman–Crippen LogP) is 3.60. The van der Waals surface area contributed by atoms with Crippen molar-refractivity contribution in [2.24, 2.45) is 0 Å². The Bertz CT molecular complexity index is 472. The lowest BCUT2D eigenvalue weighted by molar-refractivity contribution is 0.00366. The minimum absolute atomic E-state index is 0.0371. The summed E-state index contributed by atoms with van der Waals surface area (Å²) in [6.07, 6.45) is -0.513. The van der Waals surface area contributed by atoms with Gasteiger partial charge in [0.25, 0.3) is 0 Å². The van der Waals surface area contributed by atoms with E-state index in [2.05, 4.69) is 38.7 Å². The first-order chi connectivity index (χ1) is 9.49. The van der Waals surface area contributed by atoms with Crippen LogP contribution in [0.15, 0.2) is 12.1 Å². The van der Waals surface area contributed by atoms with Crippen molar-refractivity contribution in [3.05, 3.63) is 28.3 Å². The van der Waals surface area contributed by atoms with Crippen LogP contribution in [0.5, 0.6) is 5.75 Å². The summed E-state index contributed by atoms with van der Waals surface area (Å²) >= 11 is 6.37. The number of hydrogen-bond acceptors (Lipinski definition) is 3. The molecule has 1 aliphatic heterocycles. The second-order valence-corrected chi connectivity index (χ2v) is 6.03. The SMILES string of the molecule is CCN(CC)C1c2cc(C(C)C)cc(Cl)c2OCC1O. The number of aliphatic hydroxyl groups excluding tert-OH is 1. The lowest BCUT2D eigenvalue weighted by Gasteiger charge is -2.38. The summed E-state index contributed by atoms with van der Waals surface area (Å²) in [5.74, 6) is 1.13. The van der Waals surface area contributed by atoms with Gasteiger partial charge in [0, 0.05) is 5.56 Å². The maximum Gasteiger partial charge on any atom is 0.142 e.